The minimum atomic E-state index is -4.66. The van der Waals surface area contributed by atoms with Crippen LogP contribution < -0.4 is 26.8 Å². The Morgan fingerprint density at radius 1 is 0.790 bits per heavy atom. The maximum absolute atomic E-state index is 13.7. The van der Waals surface area contributed by atoms with E-state index in [0.717, 1.165) is 6.42 Å². The summed E-state index contributed by atoms with van der Waals surface area (Å²) in [6.45, 7) is 8.08. The summed E-state index contributed by atoms with van der Waals surface area (Å²) in [5.41, 5.74) is 14.1. The first kappa shape index (κ1) is 42.7. The third kappa shape index (κ3) is 8.58. The number of allylic oxidation sites excluding steroid dienone is 2. The Labute approximate surface area is 350 Å². The van der Waals surface area contributed by atoms with Gasteiger partial charge in [-0.3, -0.25) is 39.2 Å². The number of benzene rings is 2. The Kier molecular flexibility index (Phi) is 11.6. The van der Waals surface area contributed by atoms with Gasteiger partial charge in [0.2, 0.25) is 17.8 Å². The number of carbonyl (C=O) groups excluding carboxylic acids is 4. The maximum Gasteiger partial charge on any atom is 0.408 e. The van der Waals surface area contributed by atoms with E-state index >= 15 is 0 Å². The van der Waals surface area contributed by atoms with Gasteiger partial charge in [-0.2, -0.15) is 23.4 Å². The number of hydrogen-bond acceptors (Lipinski definition) is 10. The second kappa shape index (κ2) is 16.9. The molecule has 21 heteroatoms. The predicted octanol–water partition coefficient (Wildman–Crippen LogP) is 6.17. The van der Waals surface area contributed by atoms with Crippen LogP contribution in [-0.2, 0) is 26.2 Å². The Hall–Kier alpha value is -7.45. The van der Waals surface area contributed by atoms with E-state index in [1.165, 1.54) is 31.2 Å². The summed E-state index contributed by atoms with van der Waals surface area (Å²) in [7, 11) is 0. The van der Waals surface area contributed by atoms with Crippen molar-refractivity contribution in [2.45, 2.75) is 79.8 Å². The molecule has 0 fully saturated rings. The minimum absolute atomic E-state index is 0.00233. The highest BCUT2D eigenvalue weighted by molar-refractivity contribution is 6.14. The summed E-state index contributed by atoms with van der Waals surface area (Å²) in [5.74, 6) is -2.09. The number of nitrogens with one attached hydrogen (secondary N) is 2. The molecule has 0 bridgehead atoms. The molecule has 18 nitrogen and oxygen atoms in total. The highest BCUT2D eigenvalue weighted by Gasteiger charge is 2.31. The fraction of sp³-hybridized carbons (Fsp3) is 0.317. The lowest BCUT2D eigenvalue weighted by molar-refractivity contribution is -0.142. The molecule has 2 aromatic carbocycles. The quantitative estimate of drug-likeness (QED) is 0.0637. The molecule has 0 aliphatic carbocycles. The van der Waals surface area contributed by atoms with Crippen molar-refractivity contribution in [2.24, 2.45) is 11.5 Å². The molecule has 62 heavy (non-hydrogen) atoms. The molecule has 7 aromatic rings. The van der Waals surface area contributed by atoms with Crippen molar-refractivity contribution in [3.63, 3.8) is 0 Å². The number of hydrogen-bond donors (Lipinski definition) is 4. The largest absolute Gasteiger partial charge is 0.491 e. The van der Waals surface area contributed by atoms with Crippen molar-refractivity contribution < 1.29 is 41.5 Å². The normalized spacial score (nSPS) is 12.0. The number of aryl methyl sites for hydroxylation is 4. The molecule has 0 saturated carbocycles. The molecule has 4 amide bonds. The number of anilines is 2. The number of carbonyl (C=O) groups is 4. The molecule has 0 atom stereocenters. The Morgan fingerprint density at radius 3 is 1.94 bits per heavy atom. The molecule has 0 saturated heterocycles. The fourth-order valence-electron chi connectivity index (χ4n) is 7.17. The zero-order valence-corrected chi connectivity index (χ0v) is 34.4. The minimum Gasteiger partial charge on any atom is -0.491 e. The summed E-state index contributed by atoms with van der Waals surface area (Å²) in [5, 5.41) is 14.3. The van der Waals surface area contributed by atoms with Crippen molar-refractivity contribution in [1.29, 1.82) is 0 Å². The predicted molar refractivity (Wildman–Crippen MR) is 222 cm³/mol. The van der Waals surface area contributed by atoms with Crippen molar-refractivity contribution in [2.75, 3.05) is 17.2 Å². The maximum atomic E-state index is 13.7. The van der Waals surface area contributed by atoms with Crippen LogP contribution in [0.2, 0.25) is 0 Å². The highest BCUT2D eigenvalue weighted by Crippen LogP contribution is 2.35. The van der Waals surface area contributed by atoms with Crippen LogP contribution in [0.15, 0.2) is 53.0 Å². The van der Waals surface area contributed by atoms with E-state index < -0.39 is 36.3 Å². The lowest BCUT2D eigenvalue weighted by Gasteiger charge is -2.13. The van der Waals surface area contributed by atoms with E-state index in [1.54, 1.807) is 51.9 Å². The standard InChI is InChI=1S/C41H43F3N12O6/c1-6-8-13-61-31-18-24(35(45)57)17-27-33(31)54(40(47-27)50-38(60)30-15-22(4)52-56(30)20-41(42,43)44)12-10-9-11-53-32-25-16-23(5)62-34(25)26(36(46)58)19-28(32)48-39(53)49-37(59)29-14-21(3)51-55(29)7-2/h9-10,14-19H,6-8,11-13,20H2,1-5H3,(H2,45,57)(H2,46,58)(H,47,50,60)(H,48,49,59)/b10-9+. The third-order valence-electron chi connectivity index (χ3n) is 9.83. The van der Waals surface area contributed by atoms with Gasteiger partial charge in [0.05, 0.1) is 40.1 Å². The molecule has 0 spiro atoms. The molecule has 0 unspecified atom stereocenters. The first-order valence-corrected chi connectivity index (χ1v) is 19.6. The monoisotopic (exact) mass is 856 g/mol. The lowest BCUT2D eigenvalue weighted by Crippen LogP contribution is -2.25. The average molecular weight is 857 g/mol. The van der Waals surface area contributed by atoms with Gasteiger partial charge in [0, 0.05) is 30.6 Å². The van der Waals surface area contributed by atoms with E-state index in [1.807, 2.05) is 13.8 Å². The van der Waals surface area contributed by atoms with Crippen LogP contribution in [0.3, 0.4) is 0 Å². The first-order valence-electron chi connectivity index (χ1n) is 19.6. The van der Waals surface area contributed by atoms with Gasteiger partial charge < -0.3 is 29.8 Å². The molecule has 0 aliphatic heterocycles. The number of nitrogens with zero attached hydrogens (tertiary/aromatic N) is 8. The second-order valence-corrected chi connectivity index (χ2v) is 14.6. The number of nitrogens with two attached hydrogens (primary N) is 2. The van der Waals surface area contributed by atoms with Crippen LogP contribution in [0.1, 0.15) is 85.5 Å². The number of alkyl halides is 3. The Balaban J connectivity index is 1.31. The summed E-state index contributed by atoms with van der Waals surface area (Å²) < 4.78 is 57.8. The number of furan rings is 1. The number of primary amides is 2. The van der Waals surface area contributed by atoms with Crippen LogP contribution >= 0.6 is 0 Å². The SMILES string of the molecule is CCCCOc1cc(C(N)=O)cc2nc(NC(=O)c3cc(C)nn3CC(F)(F)F)n(C/C=C/Cn3c(NC(=O)c4cc(C)nn4CC)nc4cc(C(N)=O)c5oc(C)cc5c43)c12. The van der Waals surface area contributed by atoms with Crippen LogP contribution in [0.4, 0.5) is 25.1 Å². The number of unbranched alkanes of at least 4 members (excludes halogenated alkanes) is 1. The smallest absolute Gasteiger partial charge is 0.408 e. The summed E-state index contributed by atoms with van der Waals surface area (Å²) in [6, 6.07) is 9.00. The van der Waals surface area contributed by atoms with Gasteiger partial charge in [-0.25, -0.2) is 9.97 Å². The molecular weight excluding hydrogens is 814 g/mol. The highest BCUT2D eigenvalue weighted by atomic mass is 19.4. The van der Waals surface area contributed by atoms with Gasteiger partial charge in [0.1, 0.15) is 40.5 Å². The van der Waals surface area contributed by atoms with Crippen LogP contribution in [-0.4, -0.2) is 75.1 Å². The molecule has 5 aromatic heterocycles. The van der Waals surface area contributed by atoms with Gasteiger partial charge in [-0.05, 0) is 70.5 Å². The Morgan fingerprint density at radius 2 is 1.37 bits per heavy atom. The number of halogens is 3. The van der Waals surface area contributed by atoms with Gasteiger partial charge in [0.25, 0.3) is 17.7 Å². The molecule has 0 aliphatic rings. The fourth-order valence-corrected chi connectivity index (χ4v) is 7.17. The van der Waals surface area contributed by atoms with Crippen LogP contribution in [0, 0.1) is 20.8 Å². The molecule has 6 N–H and O–H groups in total. The third-order valence-corrected chi connectivity index (χ3v) is 9.83. The topological polar surface area (TPSA) is 238 Å². The zero-order valence-electron chi connectivity index (χ0n) is 34.4. The van der Waals surface area contributed by atoms with Crippen molar-refractivity contribution in [3.05, 3.63) is 88.2 Å². The van der Waals surface area contributed by atoms with Gasteiger partial charge in [0.15, 0.2) is 0 Å². The first-order chi connectivity index (χ1) is 29.5. The van der Waals surface area contributed by atoms with Gasteiger partial charge in [-0.15, -0.1) is 0 Å². The molecule has 324 valence electrons. The van der Waals surface area contributed by atoms with E-state index in [2.05, 4.69) is 25.8 Å². The number of fused-ring (bicyclic) bond motifs is 4. The van der Waals surface area contributed by atoms with E-state index in [0.29, 0.717) is 56.7 Å². The van der Waals surface area contributed by atoms with Gasteiger partial charge in [-0.1, -0.05) is 25.5 Å². The number of ether oxygens (including phenoxy) is 1. The molecule has 0 radical (unpaired) electrons. The van der Waals surface area contributed by atoms with Crippen molar-refractivity contribution >= 4 is 68.6 Å². The van der Waals surface area contributed by atoms with Crippen LogP contribution in [0.25, 0.3) is 33.0 Å². The average Bonchev–Trinajstić information content (AvgIpc) is 4.01. The van der Waals surface area contributed by atoms with Crippen molar-refractivity contribution in [3.8, 4) is 5.75 Å². The molecular formula is C41H43F3N12O6. The summed E-state index contributed by atoms with van der Waals surface area (Å²) >= 11 is 0. The second-order valence-electron chi connectivity index (χ2n) is 14.6. The molecule has 5 heterocycles. The summed E-state index contributed by atoms with van der Waals surface area (Å²) in [4.78, 5) is 61.6. The number of imidazole rings is 2. The summed E-state index contributed by atoms with van der Waals surface area (Å²) in [6.07, 6.45) is 0.301. The van der Waals surface area contributed by atoms with E-state index in [-0.39, 0.29) is 71.0 Å². The van der Waals surface area contributed by atoms with E-state index in [4.69, 9.17) is 25.6 Å². The number of amides is 4. The van der Waals surface area contributed by atoms with Gasteiger partial charge >= 0.3 is 6.18 Å². The Bertz CT molecular complexity index is 2930. The number of rotatable bonds is 16. The van der Waals surface area contributed by atoms with Crippen LogP contribution in [0.5, 0.6) is 5.75 Å². The lowest BCUT2D eigenvalue weighted by atomic mass is 10.1. The van der Waals surface area contributed by atoms with E-state index in [9.17, 15) is 32.3 Å². The zero-order chi connectivity index (χ0) is 44.6. The number of aromatic nitrogens is 8. The van der Waals surface area contributed by atoms with Crippen molar-refractivity contribution in [1.82, 2.24) is 38.7 Å². The molecule has 7 rings (SSSR count).